The topological polar surface area (TPSA) is 92.8 Å². The maximum absolute atomic E-state index is 12.6. The first-order valence-electron chi connectivity index (χ1n) is 9.64. The summed E-state index contributed by atoms with van der Waals surface area (Å²) in [5, 5.41) is 16.3. The van der Waals surface area contributed by atoms with E-state index in [1.807, 2.05) is 36.0 Å². The van der Waals surface area contributed by atoms with E-state index in [0.29, 0.717) is 29.1 Å². The van der Waals surface area contributed by atoms with Gasteiger partial charge in [-0.2, -0.15) is 10.4 Å². The molecule has 0 unspecified atom stereocenters. The predicted molar refractivity (Wildman–Crippen MR) is 116 cm³/mol. The predicted octanol–water partition coefficient (Wildman–Crippen LogP) is 4.55. The molecule has 0 bridgehead atoms. The third kappa shape index (κ3) is 4.77. The fourth-order valence-corrected chi connectivity index (χ4v) is 3.05. The van der Waals surface area contributed by atoms with Crippen LogP contribution < -0.4 is 10.1 Å². The van der Waals surface area contributed by atoms with E-state index in [4.69, 9.17) is 10.00 Å². The molecule has 2 aromatic carbocycles. The Hall–Kier alpha value is -4.44. The third-order valence-electron chi connectivity index (χ3n) is 4.67. The van der Waals surface area contributed by atoms with E-state index in [2.05, 4.69) is 21.5 Å². The van der Waals surface area contributed by atoms with Gasteiger partial charge in [0, 0.05) is 29.8 Å². The minimum absolute atomic E-state index is 0.195. The van der Waals surface area contributed by atoms with E-state index in [9.17, 15) is 4.79 Å². The number of carbonyl (C=O) groups excluding carboxylic acids is 1. The lowest BCUT2D eigenvalue weighted by atomic mass is 10.1. The molecule has 0 aliphatic carbocycles. The summed E-state index contributed by atoms with van der Waals surface area (Å²) in [6.45, 7) is 2.53. The van der Waals surface area contributed by atoms with Crippen molar-refractivity contribution in [3.63, 3.8) is 0 Å². The lowest BCUT2D eigenvalue weighted by Crippen LogP contribution is -2.13. The molecule has 0 radical (unpaired) electrons. The van der Waals surface area contributed by atoms with E-state index in [0.717, 1.165) is 11.1 Å². The summed E-state index contributed by atoms with van der Waals surface area (Å²) in [6, 6.07) is 20.0. The summed E-state index contributed by atoms with van der Waals surface area (Å²) in [5.74, 6) is 0.587. The van der Waals surface area contributed by atoms with Crippen molar-refractivity contribution in [2.75, 3.05) is 5.32 Å². The van der Waals surface area contributed by atoms with Crippen molar-refractivity contribution < 1.29 is 9.53 Å². The Kier molecular flexibility index (Phi) is 5.72. The number of nitriles is 1. The van der Waals surface area contributed by atoms with Crippen LogP contribution in [0.15, 0.2) is 79.3 Å². The molecule has 0 aliphatic heterocycles. The van der Waals surface area contributed by atoms with Crippen molar-refractivity contribution in [3.05, 3.63) is 102 Å². The van der Waals surface area contributed by atoms with Crippen molar-refractivity contribution in [3.8, 4) is 17.7 Å². The molecule has 0 atom stereocenters. The average molecular weight is 409 g/mol. The molecule has 4 rings (SSSR count). The van der Waals surface area contributed by atoms with Crippen LogP contribution >= 0.6 is 0 Å². The van der Waals surface area contributed by atoms with E-state index in [-0.39, 0.29) is 11.8 Å². The Morgan fingerprint density at radius 1 is 1.13 bits per heavy atom. The molecule has 7 heteroatoms. The molecule has 0 saturated carbocycles. The summed E-state index contributed by atoms with van der Waals surface area (Å²) >= 11 is 0. The number of amides is 1. The number of nitrogens with one attached hydrogen (secondary N) is 1. The zero-order chi connectivity index (χ0) is 21.6. The first-order valence-corrected chi connectivity index (χ1v) is 9.64. The van der Waals surface area contributed by atoms with Gasteiger partial charge in [-0.15, -0.1) is 0 Å². The molecule has 152 valence electrons. The second kappa shape index (κ2) is 8.93. The highest BCUT2D eigenvalue weighted by Crippen LogP contribution is 2.27. The van der Waals surface area contributed by atoms with Gasteiger partial charge in [-0.05, 0) is 66.6 Å². The number of benzene rings is 2. The normalized spacial score (nSPS) is 10.3. The zero-order valence-electron chi connectivity index (χ0n) is 16.8. The summed E-state index contributed by atoms with van der Waals surface area (Å²) in [6.07, 6.45) is 5.20. The van der Waals surface area contributed by atoms with Crippen molar-refractivity contribution in [2.45, 2.75) is 13.5 Å². The molecule has 0 saturated heterocycles. The molecule has 2 aromatic heterocycles. The van der Waals surface area contributed by atoms with Crippen LogP contribution in [0, 0.1) is 18.3 Å². The fourth-order valence-electron chi connectivity index (χ4n) is 3.05. The monoisotopic (exact) mass is 409 g/mol. The first-order chi connectivity index (χ1) is 15.1. The number of ether oxygens (including phenoxy) is 1. The highest BCUT2D eigenvalue weighted by atomic mass is 16.5. The highest BCUT2D eigenvalue weighted by molar-refractivity contribution is 6.04. The van der Waals surface area contributed by atoms with Crippen molar-refractivity contribution in [2.24, 2.45) is 0 Å². The lowest BCUT2D eigenvalue weighted by molar-refractivity contribution is 0.102. The number of hydrogen-bond donors (Lipinski definition) is 1. The van der Waals surface area contributed by atoms with Gasteiger partial charge in [-0.1, -0.05) is 12.1 Å². The minimum atomic E-state index is -0.195. The van der Waals surface area contributed by atoms with Crippen molar-refractivity contribution in [1.29, 1.82) is 5.26 Å². The summed E-state index contributed by atoms with van der Waals surface area (Å²) in [4.78, 5) is 16.7. The van der Waals surface area contributed by atoms with Gasteiger partial charge in [-0.3, -0.25) is 9.48 Å². The van der Waals surface area contributed by atoms with Gasteiger partial charge >= 0.3 is 0 Å². The van der Waals surface area contributed by atoms with Gasteiger partial charge in [0.05, 0.1) is 6.54 Å². The average Bonchev–Trinajstić information content (AvgIpc) is 3.29. The quantitative estimate of drug-likeness (QED) is 0.504. The van der Waals surface area contributed by atoms with Gasteiger partial charge in [0.1, 0.15) is 17.4 Å². The molecule has 1 N–H and O–H groups in total. The molecule has 7 nitrogen and oxygen atoms in total. The number of aromatic nitrogens is 3. The van der Waals surface area contributed by atoms with E-state index in [1.165, 1.54) is 0 Å². The third-order valence-corrected chi connectivity index (χ3v) is 4.67. The Balaban J connectivity index is 1.43. The maximum Gasteiger partial charge on any atom is 0.255 e. The molecule has 31 heavy (non-hydrogen) atoms. The molecule has 2 heterocycles. The zero-order valence-corrected chi connectivity index (χ0v) is 16.8. The Morgan fingerprint density at radius 3 is 2.68 bits per heavy atom. The molecular formula is C24H19N5O2. The number of nitrogens with zero attached hydrogens (tertiary/aromatic N) is 4. The lowest BCUT2D eigenvalue weighted by Gasteiger charge is -2.12. The largest absolute Gasteiger partial charge is 0.438 e. The second-order valence-electron chi connectivity index (χ2n) is 6.90. The van der Waals surface area contributed by atoms with E-state index >= 15 is 0 Å². The number of rotatable bonds is 6. The second-order valence-corrected chi connectivity index (χ2v) is 6.90. The smallest absolute Gasteiger partial charge is 0.255 e. The van der Waals surface area contributed by atoms with E-state index in [1.54, 1.807) is 54.9 Å². The number of pyridine rings is 1. The van der Waals surface area contributed by atoms with Crippen LogP contribution in [0.5, 0.6) is 11.6 Å². The van der Waals surface area contributed by atoms with Crippen LogP contribution in [0.2, 0.25) is 0 Å². The molecule has 4 aromatic rings. The Morgan fingerprint density at radius 2 is 1.97 bits per heavy atom. The van der Waals surface area contributed by atoms with Crippen LogP contribution in [-0.2, 0) is 6.54 Å². The number of carbonyl (C=O) groups is 1. The number of anilines is 1. The van der Waals surface area contributed by atoms with E-state index < -0.39 is 0 Å². The molecule has 0 aliphatic rings. The summed E-state index contributed by atoms with van der Waals surface area (Å²) < 4.78 is 7.55. The van der Waals surface area contributed by atoms with Gasteiger partial charge in [0.25, 0.3) is 5.91 Å². The Bertz CT molecular complexity index is 1240. The van der Waals surface area contributed by atoms with Gasteiger partial charge < -0.3 is 10.1 Å². The number of hydrogen-bond acceptors (Lipinski definition) is 5. The first kappa shape index (κ1) is 19.9. The van der Waals surface area contributed by atoms with Crippen LogP contribution in [-0.4, -0.2) is 20.7 Å². The van der Waals surface area contributed by atoms with Crippen LogP contribution in [0.25, 0.3) is 0 Å². The highest BCUT2D eigenvalue weighted by Gasteiger charge is 2.10. The molecule has 0 spiro atoms. The van der Waals surface area contributed by atoms with Gasteiger partial charge in [0.15, 0.2) is 0 Å². The Labute approximate surface area is 179 Å². The van der Waals surface area contributed by atoms with Crippen LogP contribution in [0.3, 0.4) is 0 Å². The van der Waals surface area contributed by atoms with Crippen LogP contribution in [0.4, 0.5) is 5.69 Å². The summed E-state index contributed by atoms with van der Waals surface area (Å²) in [7, 11) is 0. The number of aryl methyl sites for hydroxylation is 1. The van der Waals surface area contributed by atoms with Gasteiger partial charge in [0.2, 0.25) is 5.88 Å². The van der Waals surface area contributed by atoms with Crippen LogP contribution in [0.1, 0.15) is 27.0 Å². The van der Waals surface area contributed by atoms with Crippen molar-refractivity contribution in [1.82, 2.24) is 14.8 Å². The fraction of sp³-hybridized carbons (Fsp3) is 0.0833. The molecule has 1 amide bonds. The van der Waals surface area contributed by atoms with Gasteiger partial charge in [-0.25, -0.2) is 4.98 Å². The standard InChI is InChI=1S/C24H19N5O2/c1-17-14-21(31-24-20(15-25)4-2-11-26-24)9-10-22(17)28-23(30)19-7-5-18(6-8-19)16-29-13-3-12-27-29/h2-14H,16H2,1H3,(H,28,30). The summed E-state index contributed by atoms with van der Waals surface area (Å²) in [5.41, 5.74) is 3.49. The minimum Gasteiger partial charge on any atom is -0.438 e. The molecular weight excluding hydrogens is 390 g/mol. The SMILES string of the molecule is Cc1cc(Oc2ncccc2C#N)ccc1NC(=O)c1ccc(Cn2cccn2)cc1. The maximum atomic E-state index is 12.6. The van der Waals surface area contributed by atoms with Crippen molar-refractivity contribution >= 4 is 11.6 Å². The molecule has 0 fully saturated rings.